The number of aromatic nitrogens is 2. The second-order valence-corrected chi connectivity index (χ2v) is 5.12. The van der Waals surface area contributed by atoms with Gasteiger partial charge < -0.3 is 15.4 Å². The topological polar surface area (TPSA) is 76.1 Å². The summed E-state index contributed by atoms with van der Waals surface area (Å²) in [6, 6.07) is 7.83. The first kappa shape index (κ1) is 15.8. The zero-order valence-electron chi connectivity index (χ0n) is 13.0. The molecule has 2 aromatic rings. The Morgan fingerprint density at radius 3 is 2.45 bits per heavy atom. The molecule has 22 heavy (non-hydrogen) atoms. The van der Waals surface area contributed by atoms with Gasteiger partial charge in [-0.25, -0.2) is 9.97 Å². The molecule has 0 bridgehead atoms. The Labute approximate surface area is 129 Å². The van der Waals surface area contributed by atoms with Gasteiger partial charge in [0.1, 0.15) is 17.3 Å². The highest BCUT2D eigenvalue weighted by molar-refractivity contribution is 5.92. The average molecular weight is 300 g/mol. The van der Waals surface area contributed by atoms with E-state index in [4.69, 9.17) is 4.74 Å². The summed E-state index contributed by atoms with van der Waals surface area (Å²) in [6.07, 6.45) is 3.02. The molecule has 0 saturated heterocycles. The molecule has 0 aliphatic heterocycles. The van der Waals surface area contributed by atoms with Crippen LogP contribution in [0.2, 0.25) is 0 Å². The first-order chi connectivity index (χ1) is 10.6. The summed E-state index contributed by atoms with van der Waals surface area (Å²) in [5.74, 6) is 1.23. The molecule has 1 aromatic carbocycles. The normalized spacial score (nSPS) is 10.4. The van der Waals surface area contributed by atoms with Gasteiger partial charge in [-0.15, -0.1) is 0 Å². The second-order valence-electron chi connectivity index (χ2n) is 5.12. The predicted molar refractivity (Wildman–Crippen MR) is 85.0 cm³/mol. The van der Waals surface area contributed by atoms with Crippen molar-refractivity contribution in [2.45, 2.75) is 26.4 Å². The Morgan fingerprint density at radius 2 is 1.91 bits per heavy atom. The molecule has 0 aliphatic rings. The Hall–Kier alpha value is -2.63. The molecule has 0 radical (unpaired) electrons. The number of carbonyl (C=O) groups is 1. The third-order valence-corrected chi connectivity index (χ3v) is 2.94. The number of hydrogen-bond donors (Lipinski definition) is 2. The van der Waals surface area contributed by atoms with Gasteiger partial charge in [-0.3, -0.25) is 4.79 Å². The lowest BCUT2D eigenvalue weighted by Crippen LogP contribution is -2.30. The van der Waals surface area contributed by atoms with E-state index >= 15 is 0 Å². The van der Waals surface area contributed by atoms with Crippen LogP contribution < -0.4 is 15.4 Å². The molecule has 2 N–H and O–H groups in total. The van der Waals surface area contributed by atoms with Gasteiger partial charge in [-0.2, -0.15) is 0 Å². The zero-order chi connectivity index (χ0) is 15.9. The first-order valence-electron chi connectivity index (χ1n) is 7.08. The lowest BCUT2D eigenvalue weighted by atomic mass is 10.2. The van der Waals surface area contributed by atoms with Crippen molar-refractivity contribution in [2.24, 2.45) is 0 Å². The molecule has 6 heteroatoms. The number of ether oxygens (including phenoxy) is 1. The van der Waals surface area contributed by atoms with Crippen molar-refractivity contribution in [2.75, 3.05) is 12.4 Å². The Kier molecular flexibility index (Phi) is 5.30. The van der Waals surface area contributed by atoms with Gasteiger partial charge in [0.15, 0.2) is 0 Å². The Bertz CT molecular complexity index is 609. The summed E-state index contributed by atoms with van der Waals surface area (Å²) in [7, 11) is 1.64. The van der Waals surface area contributed by atoms with E-state index < -0.39 is 0 Å². The summed E-state index contributed by atoms with van der Waals surface area (Å²) >= 11 is 0. The molecule has 0 aliphatic carbocycles. The fourth-order valence-corrected chi connectivity index (χ4v) is 1.81. The highest BCUT2D eigenvalue weighted by Gasteiger charge is 2.08. The van der Waals surface area contributed by atoms with Crippen molar-refractivity contribution >= 4 is 11.7 Å². The monoisotopic (exact) mass is 300 g/mol. The molecule has 116 valence electrons. The first-order valence-corrected chi connectivity index (χ1v) is 7.08. The van der Waals surface area contributed by atoms with Crippen molar-refractivity contribution in [3.8, 4) is 5.75 Å². The third-order valence-electron chi connectivity index (χ3n) is 2.94. The number of anilines is 1. The minimum atomic E-state index is -0.218. The van der Waals surface area contributed by atoms with E-state index in [2.05, 4.69) is 20.6 Å². The van der Waals surface area contributed by atoms with Crippen molar-refractivity contribution < 1.29 is 9.53 Å². The maximum absolute atomic E-state index is 11.8. The number of amides is 1. The molecule has 0 atom stereocenters. The van der Waals surface area contributed by atoms with Crippen LogP contribution in [0.3, 0.4) is 0 Å². The number of nitrogens with one attached hydrogen (secondary N) is 2. The van der Waals surface area contributed by atoms with Gasteiger partial charge in [-0.1, -0.05) is 12.1 Å². The van der Waals surface area contributed by atoms with Crippen LogP contribution in [0, 0.1) is 0 Å². The summed E-state index contributed by atoms with van der Waals surface area (Å²) in [5.41, 5.74) is 1.41. The van der Waals surface area contributed by atoms with Crippen molar-refractivity contribution in [3.05, 3.63) is 47.9 Å². The minimum absolute atomic E-state index is 0.0715. The minimum Gasteiger partial charge on any atom is -0.497 e. The van der Waals surface area contributed by atoms with Crippen LogP contribution in [0.4, 0.5) is 5.82 Å². The molecule has 1 amide bonds. The molecule has 0 spiro atoms. The van der Waals surface area contributed by atoms with Gasteiger partial charge in [-0.05, 0) is 31.5 Å². The number of carbonyl (C=O) groups excluding carboxylic acids is 1. The maximum atomic E-state index is 11.8. The van der Waals surface area contributed by atoms with E-state index in [0.717, 1.165) is 11.3 Å². The predicted octanol–water partition coefficient (Wildman–Crippen LogP) is 2.24. The molecule has 1 aromatic heterocycles. The number of rotatable bonds is 6. The smallest absolute Gasteiger partial charge is 0.271 e. The highest BCUT2D eigenvalue weighted by Crippen LogP contribution is 2.12. The Morgan fingerprint density at radius 1 is 1.18 bits per heavy atom. The quantitative estimate of drug-likeness (QED) is 0.855. The molecule has 0 saturated carbocycles. The number of nitrogens with zero attached hydrogens (tertiary/aromatic N) is 2. The molecular weight excluding hydrogens is 280 g/mol. The number of methoxy groups -OCH3 is 1. The summed E-state index contributed by atoms with van der Waals surface area (Å²) in [5, 5.41) is 5.93. The van der Waals surface area contributed by atoms with Crippen LogP contribution in [0.1, 0.15) is 29.9 Å². The number of hydrogen-bond acceptors (Lipinski definition) is 5. The van der Waals surface area contributed by atoms with Crippen LogP contribution >= 0.6 is 0 Å². The van der Waals surface area contributed by atoms with Gasteiger partial charge in [0.25, 0.3) is 5.91 Å². The fourth-order valence-electron chi connectivity index (χ4n) is 1.81. The summed E-state index contributed by atoms with van der Waals surface area (Å²) in [4.78, 5) is 20.1. The molecule has 0 unspecified atom stereocenters. The van der Waals surface area contributed by atoms with Gasteiger partial charge in [0, 0.05) is 12.6 Å². The van der Waals surface area contributed by atoms with E-state index in [1.807, 2.05) is 38.1 Å². The van der Waals surface area contributed by atoms with Crippen LogP contribution in [-0.2, 0) is 6.54 Å². The molecule has 2 rings (SSSR count). The molecule has 0 fully saturated rings. The van der Waals surface area contributed by atoms with Gasteiger partial charge in [0.2, 0.25) is 0 Å². The SMILES string of the molecule is COc1ccc(CNc2cnc(C(=O)NC(C)C)cn2)cc1. The lowest BCUT2D eigenvalue weighted by molar-refractivity contribution is 0.0937. The molecular formula is C16H20N4O2. The van der Waals surface area contributed by atoms with Gasteiger partial charge in [0.05, 0.1) is 19.5 Å². The summed E-state index contributed by atoms with van der Waals surface area (Å²) < 4.78 is 5.11. The van der Waals surface area contributed by atoms with E-state index in [1.165, 1.54) is 6.20 Å². The Balaban J connectivity index is 1.92. The van der Waals surface area contributed by atoms with Crippen LogP contribution in [0.5, 0.6) is 5.75 Å². The zero-order valence-corrected chi connectivity index (χ0v) is 13.0. The van der Waals surface area contributed by atoms with Gasteiger partial charge >= 0.3 is 0 Å². The van der Waals surface area contributed by atoms with Crippen molar-refractivity contribution in [1.29, 1.82) is 0 Å². The van der Waals surface area contributed by atoms with Crippen LogP contribution in [0.15, 0.2) is 36.7 Å². The van der Waals surface area contributed by atoms with E-state index in [-0.39, 0.29) is 11.9 Å². The molecule has 1 heterocycles. The van der Waals surface area contributed by atoms with Crippen molar-refractivity contribution in [3.63, 3.8) is 0 Å². The number of benzene rings is 1. The molecule has 6 nitrogen and oxygen atoms in total. The third kappa shape index (κ3) is 4.44. The van der Waals surface area contributed by atoms with E-state index in [1.54, 1.807) is 13.3 Å². The average Bonchev–Trinajstić information content (AvgIpc) is 2.53. The summed E-state index contributed by atoms with van der Waals surface area (Å²) in [6.45, 7) is 4.42. The second kappa shape index (κ2) is 7.40. The standard InChI is InChI=1S/C16H20N4O2/c1-11(2)20-16(21)14-9-19-15(10-17-14)18-8-12-4-6-13(22-3)7-5-12/h4-7,9-11H,8H2,1-3H3,(H,18,19)(H,20,21). The fraction of sp³-hybridized carbons (Fsp3) is 0.312. The van der Waals surface area contributed by atoms with E-state index in [0.29, 0.717) is 18.1 Å². The van der Waals surface area contributed by atoms with Crippen molar-refractivity contribution in [1.82, 2.24) is 15.3 Å². The maximum Gasteiger partial charge on any atom is 0.271 e. The largest absolute Gasteiger partial charge is 0.497 e. The van der Waals surface area contributed by atoms with Crippen LogP contribution in [0.25, 0.3) is 0 Å². The lowest BCUT2D eigenvalue weighted by Gasteiger charge is -2.09. The van der Waals surface area contributed by atoms with Crippen LogP contribution in [-0.4, -0.2) is 29.0 Å². The highest BCUT2D eigenvalue weighted by atomic mass is 16.5. The van der Waals surface area contributed by atoms with E-state index in [9.17, 15) is 4.79 Å².